The Kier molecular flexibility index (Phi) is 9.00. The molecule has 1 saturated heterocycles. The van der Waals surface area contributed by atoms with Gasteiger partial charge in [-0.1, -0.05) is 0 Å². The van der Waals surface area contributed by atoms with Gasteiger partial charge in [0.15, 0.2) is 0 Å². The highest BCUT2D eigenvalue weighted by molar-refractivity contribution is 5.77. The second-order valence-corrected chi connectivity index (χ2v) is 10.3. The molecule has 8 nitrogen and oxygen atoms in total. The summed E-state index contributed by atoms with van der Waals surface area (Å²) in [7, 11) is 0. The number of benzene rings is 2. The van der Waals surface area contributed by atoms with Crippen molar-refractivity contribution < 1.29 is 40.8 Å². The maximum Gasteiger partial charge on any atom is 0.417 e. The van der Waals surface area contributed by atoms with E-state index >= 15 is 0 Å². The molecule has 0 radical (unpaired) electrons. The number of carbonyl (C=O) groups excluding carboxylic acids is 1. The van der Waals surface area contributed by atoms with Gasteiger partial charge in [0.05, 0.1) is 22.2 Å². The molecule has 0 atom stereocenters. The van der Waals surface area contributed by atoms with Crippen molar-refractivity contribution in [2.24, 2.45) is 0 Å². The number of nitrogens with one attached hydrogen (secondary N) is 1. The SMILES string of the molecule is Cc1cc(NC2CCC(OCC(=O)N3CCN(c4ccc(C(F)(F)F)c(C(F)(F)F)c4)CC3)CC2)ccc1[N+](=O)[O-]. The Morgan fingerprint density at radius 1 is 0.951 bits per heavy atom. The van der Waals surface area contributed by atoms with Gasteiger partial charge in [-0.2, -0.15) is 26.3 Å². The molecule has 1 saturated carbocycles. The summed E-state index contributed by atoms with van der Waals surface area (Å²) in [6.45, 7) is 2.30. The monoisotopic (exact) mass is 588 g/mol. The zero-order chi connectivity index (χ0) is 29.9. The lowest BCUT2D eigenvalue weighted by molar-refractivity contribution is -0.385. The molecule has 2 aliphatic rings. The van der Waals surface area contributed by atoms with Gasteiger partial charge in [0.2, 0.25) is 5.91 Å². The molecule has 1 heterocycles. The van der Waals surface area contributed by atoms with Gasteiger partial charge in [0, 0.05) is 55.2 Å². The van der Waals surface area contributed by atoms with E-state index in [-0.39, 0.29) is 62.2 Å². The second kappa shape index (κ2) is 12.1. The summed E-state index contributed by atoms with van der Waals surface area (Å²) in [5.74, 6) is -0.255. The molecule has 2 aromatic carbocycles. The van der Waals surface area contributed by atoms with Gasteiger partial charge in [-0.15, -0.1) is 0 Å². The number of ether oxygens (including phenoxy) is 1. The van der Waals surface area contributed by atoms with Crippen LogP contribution >= 0.6 is 0 Å². The minimum absolute atomic E-state index is 0.0166. The van der Waals surface area contributed by atoms with E-state index in [0.717, 1.165) is 37.4 Å². The fourth-order valence-electron chi connectivity index (χ4n) is 5.26. The van der Waals surface area contributed by atoms with E-state index in [1.165, 1.54) is 15.9 Å². The molecule has 1 N–H and O–H groups in total. The Hall–Kier alpha value is -3.55. The van der Waals surface area contributed by atoms with Gasteiger partial charge in [-0.3, -0.25) is 14.9 Å². The highest BCUT2D eigenvalue weighted by Crippen LogP contribution is 2.42. The highest BCUT2D eigenvalue weighted by Gasteiger charge is 2.43. The molecule has 2 fully saturated rings. The smallest absolute Gasteiger partial charge is 0.382 e. The van der Waals surface area contributed by atoms with Crippen molar-refractivity contribution in [3.63, 3.8) is 0 Å². The van der Waals surface area contributed by atoms with Crippen LogP contribution in [0.5, 0.6) is 0 Å². The third-order valence-corrected chi connectivity index (χ3v) is 7.49. The van der Waals surface area contributed by atoms with E-state index in [2.05, 4.69) is 5.32 Å². The lowest BCUT2D eigenvalue weighted by Crippen LogP contribution is -2.50. The normalized spacial score (nSPS) is 20.2. The molecule has 1 aliphatic heterocycles. The minimum Gasteiger partial charge on any atom is -0.382 e. The van der Waals surface area contributed by atoms with Gasteiger partial charge >= 0.3 is 12.4 Å². The number of rotatable bonds is 7. The van der Waals surface area contributed by atoms with Gasteiger partial charge in [-0.05, 0) is 62.9 Å². The number of alkyl halides is 6. The first-order chi connectivity index (χ1) is 19.2. The molecule has 0 unspecified atom stereocenters. The topological polar surface area (TPSA) is 88.0 Å². The molecule has 0 bridgehead atoms. The number of nitro groups is 1. The minimum atomic E-state index is -5.16. The number of halogens is 6. The number of piperazine rings is 1. The third kappa shape index (κ3) is 7.60. The van der Waals surface area contributed by atoms with Crippen molar-refractivity contribution >= 4 is 23.0 Å². The number of nitro benzene ring substituents is 1. The van der Waals surface area contributed by atoms with E-state index < -0.39 is 28.4 Å². The van der Waals surface area contributed by atoms with Crippen LogP contribution in [-0.4, -0.2) is 60.7 Å². The summed E-state index contributed by atoms with van der Waals surface area (Å²) < 4.78 is 84.9. The molecule has 224 valence electrons. The standard InChI is InChI=1S/C27H30F6N4O4/c1-17-14-19(4-9-24(17)37(39)40)34-18-2-6-21(7-3-18)41-16-25(38)36-12-10-35(11-13-36)20-5-8-22(26(28,29)30)23(15-20)27(31,32)33/h4-5,8-9,14-15,18,21,34H,2-3,6-7,10-13,16H2,1H3. The van der Waals surface area contributed by atoms with E-state index in [4.69, 9.17) is 4.74 Å². The number of carbonyl (C=O) groups is 1. The first-order valence-electron chi connectivity index (χ1n) is 13.2. The van der Waals surface area contributed by atoms with E-state index in [0.29, 0.717) is 17.7 Å². The van der Waals surface area contributed by atoms with E-state index in [9.17, 15) is 41.3 Å². The zero-order valence-corrected chi connectivity index (χ0v) is 22.2. The molecule has 41 heavy (non-hydrogen) atoms. The van der Waals surface area contributed by atoms with Crippen LogP contribution in [0.15, 0.2) is 36.4 Å². The molecule has 4 rings (SSSR count). The van der Waals surface area contributed by atoms with Crippen molar-refractivity contribution in [3.8, 4) is 0 Å². The molecule has 14 heteroatoms. The fraction of sp³-hybridized carbons (Fsp3) is 0.519. The van der Waals surface area contributed by atoms with Crippen molar-refractivity contribution in [1.82, 2.24) is 4.90 Å². The van der Waals surface area contributed by atoms with Crippen LogP contribution in [0.4, 0.5) is 43.4 Å². The van der Waals surface area contributed by atoms with Crippen LogP contribution in [0.2, 0.25) is 0 Å². The predicted molar refractivity (Wildman–Crippen MR) is 139 cm³/mol. The summed E-state index contributed by atoms with van der Waals surface area (Å²) in [6, 6.07) is 7.04. The van der Waals surface area contributed by atoms with Gasteiger partial charge < -0.3 is 19.9 Å². The fourth-order valence-corrected chi connectivity index (χ4v) is 5.26. The Balaban J connectivity index is 1.22. The van der Waals surface area contributed by atoms with Crippen LogP contribution in [0.3, 0.4) is 0 Å². The lowest BCUT2D eigenvalue weighted by atomic mass is 9.92. The average Bonchev–Trinajstić information content (AvgIpc) is 2.91. The quantitative estimate of drug-likeness (QED) is 0.242. The highest BCUT2D eigenvalue weighted by atomic mass is 19.4. The molecule has 0 aromatic heterocycles. The molecular formula is C27H30F6N4O4. The van der Waals surface area contributed by atoms with Crippen LogP contribution in [-0.2, 0) is 21.9 Å². The number of nitrogens with zero attached hydrogens (tertiary/aromatic N) is 3. The largest absolute Gasteiger partial charge is 0.417 e. The van der Waals surface area contributed by atoms with Crippen molar-refractivity contribution in [2.45, 2.75) is 57.1 Å². The lowest BCUT2D eigenvalue weighted by Gasteiger charge is -2.37. The average molecular weight is 589 g/mol. The Labute approximate surface area is 232 Å². The first kappa shape index (κ1) is 30.4. The van der Waals surface area contributed by atoms with Gasteiger partial charge in [0.1, 0.15) is 6.61 Å². The summed E-state index contributed by atoms with van der Waals surface area (Å²) in [6.07, 6.45) is -7.36. The van der Waals surface area contributed by atoms with Gasteiger partial charge in [0.25, 0.3) is 5.69 Å². The molecule has 1 amide bonds. The summed E-state index contributed by atoms with van der Waals surface area (Å²) in [5.41, 5.74) is -2.01. The number of hydrogen-bond donors (Lipinski definition) is 1. The second-order valence-electron chi connectivity index (χ2n) is 10.3. The van der Waals surface area contributed by atoms with Crippen LogP contribution in [0.1, 0.15) is 42.4 Å². The zero-order valence-electron chi connectivity index (χ0n) is 22.2. The molecular weight excluding hydrogens is 558 g/mol. The van der Waals surface area contributed by atoms with E-state index in [1.807, 2.05) is 0 Å². The predicted octanol–water partition coefficient (Wildman–Crippen LogP) is 6.03. The number of anilines is 2. The van der Waals surface area contributed by atoms with Gasteiger partial charge in [-0.25, -0.2) is 0 Å². The van der Waals surface area contributed by atoms with Crippen molar-refractivity contribution in [3.05, 3.63) is 63.2 Å². The van der Waals surface area contributed by atoms with Crippen molar-refractivity contribution in [2.75, 3.05) is 43.0 Å². The number of hydrogen-bond acceptors (Lipinski definition) is 6. The molecule has 0 spiro atoms. The summed E-state index contributed by atoms with van der Waals surface area (Å²) in [4.78, 5) is 26.3. The van der Waals surface area contributed by atoms with Crippen LogP contribution in [0, 0.1) is 17.0 Å². The Morgan fingerprint density at radius 3 is 2.15 bits per heavy atom. The van der Waals surface area contributed by atoms with Crippen molar-refractivity contribution in [1.29, 1.82) is 0 Å². The number of aryl methyl sites for hydroxylation is 1. The van der Waals surface area contributed by atoms with Crippen LogP contribution in [0.25, 0.3) is 0 Å². The summed E-state index contributed by atoms with van der Waals surface area (Å²) in [5, 5.41) is 14.4. The summed E-state index contributed by atoms with van der Waals surface area (Å²) >= 11 is 0. The van der Waals surface area contributed by atoms with Crippen LogP contribution < -0.4 is 10.2 Å². The number of amides is 1. The molecule has 2 aromatic rings. The Morgan fingerprint density at radius 2 is 1.59 bits per heavy atom. The first-order valence-corrected chi connectivity index (χ1v) is 13.2. The third-order valence-electron chi connectivity index (χ3n) is 7.49. The Bertz CT molecular complexity index is 1250. The molecule has 1 aliphatic carbocycles. The maximum absolute atomic E-state index is 13.3. The van der Waals surface area contributed by atoms with E-state index in [1.54, 1.807) is 19.1 Å². The maximum atomic E-state index is 13.3.